The van der Waals surface area contributed by atoms with Crippen molar-refractivity contribution >= 4 is 5.69 Å². The number of rotatable bonds is 5. The highest BCUT2D eigenvalue weighted by molar-refractivity contribution is 5.49. The van der Waals surface area contributed by atoms with Crippen molar-refractivity contribution < 1.29 is 4.74 Å². The molecule has 4 nitrogen and oxygen atoms in total. The normalized spacial score (nSPS) is 17.0. The molecule has 0 spiro atoms. The van der Waals surface area contributed by atoms with Gasteiger partial charge in [-0.1, -0.05) is 30.3 Å². The number of hydrogen-bond donors (Lipinski definition) is 1. The quantitative estimate of drug-likeness (QED) is 0.921. The van der Waals surface area contributed by atoms with E-state index in [-0.39, 0.29) is 0 Å². The van der Waals surface area contributed by atoms with Gasteiger partial charge in [-0.2, -0.15) is 0 Å². The van der Waals surface area contributed by atoms with Gasteiger partial charge in [0.1, 0.15) is 5.75 Å². The van der Waals surface area contributed by atoms with Crippen molar-refractivity contribution in [3.05, 3.63) is 60.2 Å². The lowest BCUT2D eigenvalue weighted by atomic mass is 10.0. The van der Waals surface area contributed by atoms with E-state index in [1.807, 2.05) is 12.1 Å². The average Bonchev–Trinajstić information content (AvgIpc) is 2.64. The van der Waals surface area contributed by atoms with E-state index in [9.17, 15) is 0 Å². The van der Waals surface area contributed by atoms with Gasteiger partial charge in [0.2, 0.25) is 0 Å². The van der Waals surface area contributed by atoms with E-state index in [0.29, 0.717) is 12.6 Å². The molecule has 0 aliphatic carbocycles. The summed E-state index contributed by atoms with van der Waals surface area (Å²) in [6.45, 7) is 4.77. The lowest BCUT2D eigenvalue weighted by molar-refractivity contribution is 0.190. The van der Waals surface area contributed by atoms with Gasteiger partial charge < -0.3 is 15.4 Å². The lowest BCUT2D eigenvalue weighted by Gasteiger charge is -2.40. The maximum atomic E-state index is 6.04. The molecule has 0 saturated carbocycles. The highest BCUT2D eigenvalue weighted by Crippen LogP contribution is 2.24. The molecule has 23 heavy (non-hydrogen) atoms. The summed E-state index contributed by atoms with van der Waals surface area (Å²) in [5.41, 5.74) is 8.62. The number of ether oxygens (including phenoxy) is 1. The van der Waals surface area contributed by atoms with Crippen molar-refractivity contribution in [1.82, 2.24) is 4.90 Å². The predicted molar refractivity (Wildman–Crippen MR) is 95.0 cm³/mol. The number of anilines is 1. The van der Waals surface area contributed by atoms with Crippen LogP contribution in [0.5, 0.6) is 5.75 Å². The minimum absolute atomic E-state index is 0.314. The van der Waals surface area contributed by atoms with Crippen LogP contribution in [0.15, 0.2) is 54.6 Å². The number of hydrogen-bond acceptors (Lipinski definition) is 4. The SMILES string of the molecule is COc1ccc(N2CCN([C@H](CN)c3ccccc3)CC2)cc1. The molecule has 2 aromatic carbocycles. The van der Waals surface area contributed by atoms with Crippen molar-refractivity contribution in [3.8, 4) is 5.75 Å². The van der Waals surface area contributed by atoms with Gasteiger partial charge in [-0.15, -0.1) is 0 Å². The maximum absolute atomic E-state index is 6.04. The highest BCUT2D eigenvalue weighted by Gasteiger charge is 2.24. The lowest BCUT2D eigenvalue weighted by Crippen LogP contribution is -2.49. The zero-order valence-electron chi connectivity index (χ0n) is 13.7. The highest BCUT2D eigenvalue weighted by atomic mass is 16.5. The van der Waals surface area contributed by atoms with E-state index in [4.69, 9.17) is 10.5 Å². The molecular formula is C19H25N3O. The van der Waals surface area contributed by atoms with E-state index in [0.717, 1.165) is 31.9 Å². The Labute approximate surface area is 138 Å². The number of nitrogens with zero attached hydrogens (tertiary/aromatic N) is 2. The molecule has 0 unspecified atom stereocenters. The Bertz CT molecular complexity index is 592. The topological polar surface area (TPSA) is 41.7 Å². The summed E-state index contributed by atoms with van der Waals surface area (Å²) in [6.07, 6.45) is 0. The third kappa shape index (κ3) is 3.66. The van der Waals surface area contributed by atoms with Gasteiger partial charge in [0.15, 0.2) is 0 Å². The fourth-order valence-corrected chi connectivity index (χ4v) is 3.26. The standard InChI is InChI=1S/C19H25N3O/c1-23-18-9-7-17(8-10-18)21-11-13-22(14-12-21)19(15-20)16-5-3-2-4-6-16/h2-10,19H,11-15,20H2,1H3/t19-/m1/s1. The summed E-state index contributed by atoms with van der Waals surface area (Å²) in [4.78, 5) is 4.92. The fourth-order valence-electron chi connectivity index (χ4n) is 3.26. The van der Waals surface area contributed by atoms with Crippen LogP contribution in [0.2, 0.25) is 0 Å². The zero-order chi connectivity index (χ0) is 16.1. The minimum atomic E-state index is 0.314. The molecule has 1 saturated heterocycles. The van der Waals surface area contributed by atoms with Gasteiger partial charge in [-0.25, -0.2) is 0 Å². The Kier molecular flexibility index (Phi) is 5.16. The zero-order valence-corrected chi connectivity index (χ0v) is 13.7. The largest absolute Gasteiger partial charge is 0.497 e. The van der Waals surface area contributed by atoms with Gasteiger partial charge >= 0.3 is 0 Å². The Balaban J connectivity index is 1.63. The van der Waals surface area contributed by atoms with Crippen LogP contribution in [0.4, 0.5) is 5.69 Å². The molecule has 4 heteroatoms. The van der Waals surface area contributed by atoms with Crippen molar-refractivity contribution in [2.24, 2.45) is 5.73 Å². The molecule has 2 N–H and O–H groups in total. The molecule has 0 bridgehead atoms. The minimum Gasteiger partial charge on any atom is -0.497 e. The Morgan fingerprint density at radius 1 is 0.957 bits per heavy atom. The Hall–Kier alpha value is -2.04. The van der Waals surface area contributed by atoms with Gasteiger partial charge in [-0.3, -0.25) is 4.90 Å². The molecule has 1 aliphatic heterocycles. The molecule has 122 valence electrons. The van der Waals surface area contributed by atoms with Crippen LogP contribution in [0, 0.1) is 0 Å². The van der Waals surface area contributed by atoms with Crippen molar-refractivity contribution in [2.45, 2.75) is 6.04 Å². The van der Waals surface area contributed by atoms with Crippen LogP contribution in [0.1, 0.15) is 11.6 Å². The second-order valence-electron chi connectivity index (χ2n) is 5.88. The van der Waals surface area contributed by atoms with E-state index in [1.165, 1.54) is 11.3 Å². The van der Waals surface area contributed by atoms with Crippen LogP contribution in [-0.2, 0) is 0 Å². The molecule has 1 atom stereocenters. The summed E-state index contributed by atoms with van der Waals surface area (Å²) < 4.78 is 5.23. The fraction of sp³-hybridized carbons (Fsp3) is 0.368. The summed E-state index contributed by atoms with van der Waals surface area (Å²) in [7, 11) is 1.70. The second kappa shape index (κ2) is 7.49. The van der Waals surface area contributed by atoms with Gasteiger partial charge in [0, 0.05) is 44.5 Å². The third-order valence-electron chi connectivity index (χ3n) is 4.60. The number of nitrogens with two attached hydrogens (primary N) is 1. The van der Waals surface area contributed by atoms with Gasteiger partial charge in [0.25, 0.3) is 0 Å². The van der Waals surface area contributed by atoms with Crippen LogP contribution >= 0.6 is 0 Å². The summed E-state index contributed by atoms with van der Waals surface area (Å²) in [5.74, 6) is 0.902. The molecule has 1 fully saturated rings. The van der Waals surface area contributed by atoms with Crippen molar-refractivity contribution in [2.75, 3.05) is 44.7 Å². The number of piperazine rings is 1. The Morgan fingerprint density at radius 2 is 1.61 bits per heavy atom. The average molecular weight is 311 g/mol. The monoisotopic (exact) mass is 311 g/mol. The molecule has 2 aromatic rings. The molecule has 1 heterocycles. The van der Waals surface area contributed by atoms with Crippen molar-refractivity contribution in [3.63, 3.8) is 0 Å². The summed E-state index contributed by atoms with van der Waals surface area (Å²) in [5, 5.41) is 0. The second-order valence-corrected chi connectivity index (χ2v) is 5.88. The van der Waals surface area contributed by atoms with Crippen LogP contribution < -0.4 is 15.4 Å². The van der Waals surface area contributed by atoms with E-state index in [1.54, 1.807) is 7.11 Å². The van der Waals surface area contributed by atoms with Crippen molar-refractivity contribution in [1.29, 1.82) is 0 Å². The van der Waals surface area contributed by atoms with E-state index >= 15 is 0 Å². The number of benzene rings is 2. The van der Waals surface area contributed by atoms with Gasteiger partial charge in [-0.05, 0) is 29.8 Å². The third-order valence-corrected chi connectivity index (χ3v) is 4.60. The molecule has 3 rings (SSSR count). The molecule has 0 radical (unpaired) electrons. The molecular weight excluding hydrogens is 286 g/mol. The summed E-state index contributed by atoms with van der Waals surface area (Å²) >= 11 is 0. The first-order valence-electron chi connectivity index (χ1n) is 8.20. The molecule has 1 aliphatic rings. The summed E-state index contributed by atoms with van der Waals surface area (Å²) in [6, 6.07) is 19.2. The number of methoxy groups -OCH3 is 1. The first-order chi connectivity index (χ1) is 11.3. The van der Waals surface area contributed by atoms with E-state index < -0.39 is 0 Å². The maximum Gasteiger partial charge on any atom is 0.119 e. The first-order valence-corrected chi connectivity index (χ1v) is 8.20. The van der Waals surface area contributed by atoms with Crippen LogP contribution in [0.25, 0.3) is 0 Å². The Morgan fingerprint density at radius 3 is 2.17 bits per heavy atom. The first kappa shape index (κ1) is 15.8. The van der Waals surface area contributed by atoms with Crippen LogP contribution in [-0.4, -0.2) is 44.7 Å². The van der Waals surface area contributed by atoms with Gasteiger partial charge in [0.05, 0.1) is 7.11 Å². The van der Waals surface area contributed by atoms with E-state index in [2.05, 4.69) is 52.3 Å². The predicted octanol–water partition coefficient (Wildman–Crippen LogP) is 2.52. The smallest absolute Gasteiger partial charge is 0.119 e. The van der Waals surface area contributed by atoms with Crippen LogP contribution in [0.3, 0.4) is 0 Å². The molecule has 0 amide bonds. The molecule has 0 aromatic heterocycles.